The summed E-state index contributed by atoms with van der Waals surface area (Å²) in [4.78, 5) is 18.9. The van der Waals surface area contributed by atoms with E-state index in [2.05, 4.69) is 35.4 Å². The maximum Gasteiger partial charge on any atom is 0.222 e. The van der Waals surface area contributed by atoms with Crippen molar-refractivity contribution in [2.75, 3.05) is 26.7 Å². The molecule has 2 fully saturated rings. The third-order valence-corrected chi connectivity index (χ3v) is 6.41. The second kappa shape index (κ2) is 12.6. The van der Waals surface area contributed by atoms with Gasteiger partial charge in [0.25, 0.3) is 0 Å². The van der Waals surface area contributed by atoms with E-state index in [1.807, 2.05) is 12.1 Å². The molecule has 2 N–H and O–H groups in total. The number of para-hydroxylation sites is 1. The lowest BCUT2D eigenvalue weighted by Crippen LogP contribution is -2.42. The lowest BCUT2D eigenvalue weighted by molar-refractivity contribution is -0.129. The number of likely N-dealkylation sites (tertiary alicyclic amines) is 1. The van der Waals surface area contributed by atoms with Crippen LogP contribution in [0.1, 0.15) is 70.8 Å². The molecule has 1 atom stereocenters. The summed E-state index contributed by atoms with van der Waals surface area (Å²) in [5.74, 6) is 2.67. The van der Waals surface area contributed by atoms with E-state index in [0.29, 0.717) is 24.9 Å². The average molecular weight is 445 g/mol. The topological polar surface area (TPSA) is 75.2 Å². The van der Waals surface area contributed by atoms with Gasteiger partial charge < -0.3 is 25.0 Å². The first kappa shape index (κ1) is 24.2. The smallest absolute Gasteiger partial charge is 0.222 e. The van der Waals surface area contributed by atoms with Crippen molar-refractivity contribution in [1.82, 2.24) is 15.5 Å². The third-order valence-electron chi connectivity index (χ3n) is 6.41. The zero-order valence-corrected chi connectivity index (χ0v) is 20.0. The van der Waals surface area contributed by atoms with Gasteiger partial charge in [-0.2, -0.15) is 0 Å². The van der Waals surface area contributed by atoms with Gasteiger partial charge in [0.2, 0.25) is 5.91 Å². The second-order valence-electron chi connectivity index (χ2n) is 8.64. The second-order valence-corrected chi connectivity index (χ2v) is 8.64. The highest BCUT2D eigenvalue weighted by atomic mass is 16.5. The molecular formula is C25H40N4O3. The van der Waals surface area contributed by atoms with Gasteiger partial charge >= 0.3 is 0 Å². The summed E-state index contributed by atoms with van der Waals surface area (Å²) in [6, 6.07) is 6.30. The van der Waals surface area contributed by atoms with E-state index in [-0.39, 0.29) is 6.10 Å². The number of nitrogens with zero attached hydrogens (tertiary/aromatic N) is 2. The molecule has 1 aliphatic carbocycles. The molecular weight excluding hydrogens is 404 g/mol. The lowest BCUT2D eigenvalue weighted by atomic mass is 10.1. The molecule has 1 aliphatic heterocycles. The molecule has 1 aromatic carbocycles. The SMILES string of the molecule is CCNC(=NCc1cccc(OC)c1OC1CCCC1)NCCC(CC)N1CCCC1=O. The van der Waals surface area contributed by atoms with Gasteiger partial charge in [-0.1, -0.05) is 19.1 Å². The number of benzene rings is 1. The Morgan fingerprint density at radius 3 is 2.69 bits per heavy atom. The molecule has 2 aliphatic rings. The lowest BCUT2D eigenvalue weighted by Gasteiger charge is -2.27. The van der Waals surface area contributed by atoms with Gasteiger partial charge in [-0.05, 0) is 57.9 Å². The molecule has 1 heterocycles. The average Bonchev–Trinajstić information content (AvgIpc) is 3.47. The van der Waals surface area contributed by atoms with E-state index in [1.165, 1.54) is 12.8 Å². The molecule has 0 aromatic heterocycles. The van der Waals surface area contributed by atoms with Crippen LogP contribution in [0.2, 0.25) is 0 Å². The van der Waals surface area contributed by atoms with E-state index in [4.69, 9.17) is 14.5 Å². The van der Waals surface area contributed by atoms with Crippen LogP contribution in [0.5, 0.6) is 11.5 Å². The zero-order chi connectivity index (χ0) is 22.8. The van der Waals surface area contributed by atoms with Crippen LogP contribution < -0.4 is 20.1 Å². The van der Waals surface area contributed by atoms with Gasteiger partial charge in [0.05, 0.1) is 19.8 Å². The van der Waals surface area contributed by atoms with Crippen LogP contribution in [0.25, 0.3) is 0 Å². The van der Waals surface area contributed by atoms with Crippen LogP contribution in [0, 0.1) is 0 Å². The summed E-state index contributed by atoms with van der Waals surface area (Å²) in [6.45, 7) is 7.19. The number of hydrogen-bond acceptors (Lipinski definition) is 4. The molecule has 1 saturated carbocycles. The number of guanidine groups is 1. The van der Waals surface area contributed by atoms with Crippen LogP contribution in [-0.2, 0) is 11.3 Å². The predicted molar refractivity (Wildman–Crippen MR) is 128 cm³/mol. The molecule has 32 heavy (non-hydrogen) atoms. The fraction of sp³-hybridized carbons (Fsp3) is 0.680. The van der Waals surface area contributed by atoms with Crippen LogP contribution in [0.4, 0.5) is 0 Å². The third kappa shape index (κ3) is 6.53. The molecule has 1 unspecified atom stereocenters. The van der Waals surface area contributed by atoms with Crippen LogP contribution in [0.15, 0.2) is 23.2 Å². The minimum atomic E-state index is 0.264. The summed E-state index contributed by atoms with van der Waals surface area (Å²) < 4.78 is 11.9. The maximum absolute atomic E-state index is 12.1. The van der Waals surface area contributed by atoms with Crippen molar-refractivity contribution in [2.24, 2.45) is 4.99 Å². The number of nitrogens with one attached hydrogen (secondary N) is 2. The number of amides is 1. The molecule has 3 rings (SSSR count). The number of hydrogen-bond donors (Lipinski definition) is 2. The Labute approximate surface area is 192 Å². The first-order valence-corrected chi connectivity index (χ1v) is 12.3. The van der Waals surface area contributed by atoms with Gasteiger partial charge in [0.1, 0.15) is 0 Å². The first-order valence-electron chi connectivity index (χ1n) is 12.3. The van der Waals surface area contributed by atoms with Crippen molar-refractivity contribution in [2.45, 2.75) is 83.9 Å². The highest BCUT2D eigenvalue weighted by Crippen LogP contribution is 2.35. The minimum Gasteiger partial charge on any atom is -0.493 e. The zero-order valence-electron chi connectivity index (χ0n) is 20.0. The maximum atomic E-state index is 12.1. The number of rotatable bonds is 11. The molecule has 1 amide bonds. The standard InChI is InChI=1S/C25H40N4O3/c1-4-20(29-17-9-14-23(29)30)15-16-27-25(26-5-2)28-18-19-10-8-13-22(31-3)24(19)32-21-11-6-7-12-21/h8,10,13,20-21H,4-7,9,11-12,14-18H2,1-3H3,(H2,26,27,28). The molecule has 7 nitrogen and oxygen atoms in total. The Morgan fingerprint density at radius 2 is 2.03 bits per heavy atom. The van der Waals surface area contributed by atoms with Gasteiger partial charge in [-0.3, -0.25) is 4.79 Å². The number of carbonyl (C=O) groups excluding carboxylic acids is 1. The van der Waals surface area contributed by atoms with Crippen LogP contribution in [0.3, 0.4) is 0 Å². The van der Waals surface area contributed by atoms with Crippen LogP contribution in [-0.4, -0.2) is 55.7 Å². The Kier molecular flexibility index (Phi) is 9.50. The normalized spacial score (nSPS) is 18.2. The fourth-order valence-electron chi connectivity index (χ4n) is 4.65. The Hall–Kier alpha value is -2.44. The van der Waals surface area contributed by atoms with Crippen molar-refractivity contribution in [1.29, 1.82) is 0 Å². The van der Waals surface area contributed by atoms with Crippen molar-refractivity contribution >= 4 is 11.9 Å². The quantitative estimate of drug-likeness (QED) is 0.400. The Morgan fingerprint density at radius 1 is 1.22 bits per heavy atom. The number of carbonyl (C=O) groups is 1. The molecule has 1 aromatic rings. The number of methoxy groups -OCH3 is 1. The summed E-state index contributed by atoms with van der Waals surface area (Å²) in [5.41, 5.74) is 1.03. The Balaban J connectivity index is 1.62. The highest BCUT2D eigenvalue weighted by Gasteiger charge is 2.26. The van der Waals surface area contributed by atoms with E-state index < -0.39 is 0 Å². The largest absolute Gasteiger partial charge is 0.493 e. The molecule has 178 valence electrons. The summed E-state index contributed by atoms with van der Waals surface area (Å²) in [7, 11) is 1.69. The molecule has 0 bridgehead atoms. The monoisotopic (exact) mass is 444 g/mol. The van der Waals surface area contributed by atoms with Gasteiger partial charge in [0, 0.05) is 37.7 Å². The van der Waals surface area contributed by atoms with Crippen molar-refractivity contribution in [3.8, 4) is 11.5 Å². The first-order chi connectivity index (χ1) is 15.7. The van der Waals surface area contributed by atoms with E-state index in [1.54, 1.807) is 7.11 Å². The van der Waals surface area contributed by atoms with Crippen molar-refractivity contribution in [3.63, 3.8) is 0 Å². The van der Waals surface area contributed by atoms with E-state index >= 15 is 0 Å². The van der Waals surface area contributed by atoms with Gasteiger partial charge in [-0.15, -0.1) is 0 Å². The highest BCUT2D eigenvalue weighted by molar-refractivity contribution is 5.80. The molecule has 1 saturated heterocycles. The van der Waals surface area contributed by atoms with E-state index in [9.17, 15) is 4.79 Å². The van der Waals surface area contributed by atoms with Gasteiger partial charge in [0.15, 0.2) is 17.5 Å². The molecule has 7 heteroatoms. The van der Waals surface area contributed by atoms with Crippen molar-refractivity contribution in [3.05, 3.63) is 23.8 Å². The van der Waals surface area contributed by atoms with Gasteiger partial charge in [-0.25, -0.2) is 4.99 Å². The number of aliphatic imine (C=N–C) groups is 1. The van der Waals surface area contributed by atoms with E-state index in [0.717, 1.165) is 74.8 Å². The molecule has 0 radical (unpaired) electrons. The van der Waals surface area contributed by atoms with Crippen LogP contribution >= 0.6 is 0 Å². The summed E-state index contributed by atoms with van der Waals surface area (Å²) >= 11 is 0. The summed E-state index contributed by atoms with van der Waals surface area (Å²) in [5, 5.41) is 6.77. The Bertz CT molecular complexity index is 762. The fourth-order valence-corrected chi connectivity index (χ4v) is 4.65. The minimum absolute atomic E-state index is 0.264. The summed E-state index contributed by atoms with van der Waals surface area (Å²) in [6.07, 6.45) is 8.49. The van der Waals surface area contributed by atoms with Crippen molar-refractivity contribution < 1.29 is 14.3 Å². The number of ether oxygens (including phenoxy) is 2. The molecule has 0 spiro atoms. The predicted octanol–water partition coefficient (Wildman–Crippen LogP) is 3.86.